The molecule has 5 heteroatoms. The Morgan fingerprint density at radius 1 is 1.38 bits per heavy atom. The molecule has 1 aliphatic carbocycles. The molecule has 1 aromatic rings. The predicted molar refractivity (Wildman–Crippen MR) is 87.1 cm³/mol. The Morgan fingerprint density at radius 2 is 2.14 bits per heavy atom. The lowest BCUT2D eigenvalue weighted by Crippen LogP contribution is -2.22. The third kappa shape index (κ3) is 3.64. The van der Waals surface area contributed by atoms with Crippen molar-refractivity contribution in [1.29, 1.82) is 0 Å². The predicted octanol–water partition coefficient (Wildman–Crippen LogP) is 3.36. The molecule has 1 heterocycles. The number of rotatable bonds is 5. The van der Waals surface area contributed by atoms with E-state index in [4.69, 9.17) is 0 Å². The zero-order chi connectivity index (χ0) is 15.4. The smallest absolute Gasteiger partial charge is 0.254 e. The number of unbranched alkanes of at least 4 members (excludes halogenated alkanes) is 1. The first-order valence-electron chi connectivity index (χ1n) is 7.73. The molecule has 0 radical (unpaired) electrons. The van der Waals surface area contributed by atoms with Gasteiger partial charge in [-0.3, -0.25) is 9.59 Å². The summed E-state index contributed by atoms with van der Waals surface area (Å²) >= 11 is 1.58. The average molecular weight is 308 g/mol. The minimum atomic E-state index is -0.0900. The van der Waals surface area contributed by atoms with E-state index < -0.39 is 0 Å². The van der Waals surface area contributed by atoms with Crippen molar-refractivity contribution in [2.45, 2.75) is 52.4 Å². The molecule has 0 unspecified atom stereocenters. The van der Waals surface area contributed by atoms with Gasteiger partial charge >= 0.3 is 0 Å². The van der Waals surface area contributed by atoms with Crippen LogP contribution in [-0.2, 0) is 17.6 Å². The molecule has 4 nitrogen and oxygen atoms in total. The number of amides is 2. The van der Waals surface area contributed by atoms with E-state index in [1.54, 1.807) is 18.4 Å². The number of carbonyl (C=O) groups excluding carboxylic acids is 2. The Balaban J connectivity index is 2.27. The van der Waals surface area contributed by atoms with Gasteiger partial charge < -0.3 is 10.6 Å². The third-order valence-electron chi connectivity index (χ3n) is 3.98. The SMILES string of the molecule is CCCCC(=O)Nc1sc2c(c1C(=O)NC)CC[C@@H](C)C2. The number of carbonyl (C=O) groups is 2. The zero-order valence-corrected chi connectivity index (χ0v) is 13.9. The van der Waals surface area contributed by atoms with Gasteiger partial charge in [-0.25, -0.2) is 0 Å². The summed E-state index contributed by atoms with van der Waals surface area (Å²) in [5.74, 6) is 0.568. The second-order valence-corrected chi connectivity index (χ2v) is 6.89. The van der Waals surface area contributed by atoms with Crippen LogP contribution in [0.1, 0.15) is 60.3 Å². The first kappa shape index (κ1) is 16.0. The third-order valence-corrected chi connectivity index (χ3v) is 5.15. The normalized spacial score (nSPS) is 17.2. The van der Waals surface area contributed by atoms with Crippen molar-refractivity contribution >= 4 is 28.2 Å². The highest BCUT2D eigenvalue weighted by molar-refractivity contribution is 7.17. The summed E-state index contributed by atoms with van der Waals surface area (Å²) < 4.78 is 0. The molecule has 1 aliphatic rings. The van der Waals surface area contributed by atoms with Crippen molar-refractivity contribution in [3.8, 4) is 0 Å². The summed E-state index contributed by atoms with van der Waals surface area (Å²) in [5, 5.41) is 6.38. The van der Waals surface area contributed by atoms with E-state index in [1.807, 2.05) is 0 Å². The summed E-state index contributed by atoms with van der Waals surface area (Å²) in [7, 11) is 1.64. The quantitative estimate of drug-likeness (QED) is 0.876. The van der Waals surface area contributed by atoms with Gasteiger partial charge in [-0.05, 0) is 37.2 Å². The van der Waals surface area contributed by atoms with Crippen molar-refractivity contribution in [1.82, 2.24) is 5.32 Å². The van der Waals surface area contributed by atoms with Crippen LogP contribution in [0, 0.1) is 5.92 Å². The molecule has 2 N–H and O–H groups in total. The maximum Gasteiger partial charge on any atom is 0.254 e. The van der Waals surface area contributed by atoms with Crippen LogP contribution in [0.15, 0.2) is 0 Å². The molecule has 2 amide bonds. The van der Waals surface area contributed by atoms with Gasteiger partial charge in [-0.2, -0.15) is 0 Å². The summed E-state index contributed by atoms with van der Waals surface area (Å²) in [4.78, 5) is 25.4. The lowest BCUT2D eigenvalue weighted by atomic mass is 9.88. The Bertz CT molecular complexity index is 537. The maximum atomic E-state index is 12.2. The Morgan fingerprint density at radius 3 is 2.81 bits per heavy atom. The molecular weight excluding hydrogens is 284 g/mol. The number of anilines is 1. The summed E-state index contributed by atoms with van der Waals surface area (Å²) in [6, 6.07) is 0. The van der Waals surface area contributed by atoms with Crippen LogP contribution >= 0.6 is 11.3 Å². The largest absolute Gasteiger partial charge is 0.355 e. The van der Waals surface area contributed by atoms with Crippen LogP contribution in [0.3, 0.4) is 0 Å². The first-order chi connectivity index (χ1) is 10.1. The average Bonchev–Trinajstić information content (AvgIpc) is 2.81. The number of hydrogen-bond acceptors (Lipinski definition) is 3. The van der Waals surface area contributed by atoms with Gasteiger partial charge in [0.25, 0.3) is 5.91 Å². The van der Waals surface area contributed by atoms with E-state index in [2.05, 4.69) is 24.5 Å². The van der Waals surface area contributed by atoms with Crippen LogP contribution in [0.4, 0.5) is 5.00 Å². The summed E-state index contributed by atoms with van der Waals surface area (Å²) in [5.41, 5.74) is 1.83. The number of fused-ring (bicyclic) bond motifs is 1. The highest BCUT2D eigenvalue weighted by Gasteiger charge is 2.27. The lowest BCUT2D eigenvalue weighted by Gasteiger charge is -2.18. The fourth-order valence-corrected chi connectivity index (χ4v) is 4.15. The molecule has 116 valence electrons. The second kappa shape index (κ2) is 7.07. The van der Waals surface area contributed by atoms with Gasteiger partial charge in [0.1, 0.15) is 5.00 Å². The van der Waals surface area contributed by atoms with E-state index >= 15 is 0 Å². The van der Waals surface area contributed by atoms with Crippen LogP contribution < -0.4 is 10.6 Å². The van der Waals surface area contributed by atoms with Crippen LogP contribution in [0.25, 0.3) is 0 Å². The number of nitrogens with one attached hydrogen (secondary N) is 2. The van der Waals surface area contributed by atoms with E-state index in [1.165, 1.54) is 4.88 Å². The van der Waals surface area contributed by atoms with Crippen molar-refractivity contribution < 1.29 is 9.59 Å². The Kier molecular flexibility index (Phi) is 5.39. The van der Waals surface area contributed by atoms with Gasteiger partial charge in [0.2, 0.25) is 5.91 Å². The Labute approximate surface area is 130 Å². The molecule has 2 rings (SSSR count). The van der Waals surface area contributed by atoms with Crippen molar-refractivity contribution in [3.63, 3.8) is 0 Å². The molecule has 0 spiro atoms. The summed E-state index contributed by atoms with van der Waals surface area (Å²) in [6.45, 7) is 4.30. The fraction of sp³-hybridized carbons (Fsp3) is 0.625. The minimum Gasteiger partial charge on any atom is -0.355 e. The van der Waals surface area contributed by atoms with Gasteiger partial charge in [-0.1, -0.05) is 20.3 Å². The molecule has 0 saturated heterocycles. The molecule has 1 aromatic heterocycles. The minimum absolute atomic E-state index is 0.00801. The van der Waals surface area contributed by atoms with Crippen LogP contribution in [0.5, 0.6) is 0 Å². The van der Waals surface area contributed by atoms with Crippen LogP contribution in [0.2, 0.25) is 0 Å². The molecule has 0 aliphatic heterocycles. The van der Waals surface area contributed by atoms with E-state index in [9.17, 15) is 9.59 Å². The molecule has 0 saturated carbocycles. The number of thiophene rings is 1. The van der Waals surface area contributed by atoms with E-state index in [0.29, 0.717) is 17.9 Å². The fourth-order valence-electron chi connectivity index (χ4n) is 2.73. The Hall–Kier alpha value is -1.36. The second-order valence-electron chi connectivity index (χ2n) is 5.79. The number of hydrogen-bond donors (Lipinski definition) is 2. The van der Waals surface area contributed by atoms with Gasteiger partial charge in [0.15, 0.2) is 0 Å². The lowest BCUT2D eigenvalue weighted by molar-refractivity contribution is -0.116. The van der Waals surface area contributed by atoms with Crippen LogP contribution in [-0.4, -0.2) is 18.9 Å². The topological polar surface area (TPSA) is 58.2 Å². The van der Waals surface area contributed by atoms with Gasteiger partial charge in [0.05, 0.1) is 5.56 Å². The molecule has 0 fully saturated rings. The van der Waals surface area contributed by atoms with Crippen molar-refractivity contribution in [3.05, 3.63) is 16.0 Å². The highest BCUT2D eigenvalue weighted by atomic mass is 32.1. The van der Waals surface area contributed by atoms with E-state index in [-0.39, 0.29) is 11.8 Å². The monoisotopic (exact) mass is 308 g/mol. The molecule has 0 bridgehead atoms. The molecule has 0 aromatic carbocycles. The summed E-state index contributed by atoms with van der Waals surface area (Å²) in [6.07, 6.45) is 5.44. The molecule has 21 heavy (non-hydrogen) atoms. The highest BCUT2D eigenvalue weighted by Crippen LogP contribution is 2.39. The molecular formula is C16H24N2O2S. The van der Waals surface area contributed by atoms with Crippen molar-refractivity contribution in [2.75, 3.05) is 12.4 Å². The maximum absolute atomic E-state index is 12.2. The van der Waals surface area contributed by atoms with Gasteiger partial charge in [-0.15, -0.1) is 11.3 Å². The van der Waals surface area contributed by atoms with E-state index in [0.717, 1.165) is 42.7 Å². The first-order valence-corrected chi connectivity index (χ1v) is 8.54. The molecule has 1 atom stereocenters. The standard InChI is InChI=1S/C16H24N2O2S/c1-4-5-6-13(19)18-16-14(15(20)17-3)11-8-7-10(2)9-12(11)21-16/h10H,4-9H2,1-3H3,(H,17,20)(H,18,19)/t10-/m1/s1. The zero-order valence-electron chi connectivity index (χ0n) is 13.0. The van der Waals surface area contributed by atoms with Crippen molar-refractivity contribution in [2.24, 2.45) is 5.92 Å². The van der Waals surface area contributed by atoms with Gasteiger partial charge in [0, 0.05) is 18.3 Å².